The summed E-state index contributed by atoms with van der Waals surface area (Å²) in [6, 6.07) is 1.69. The Morgan fingerprint density at radius 3 is 2.72 bits per heavy atom. The largest absolute Gasteiger partial charge is 0.378 e. The second kappa shape index (κ2) is 5.95. The van der Waals surface area contributed by atoms with E-state index in [4.69, 9.17) is 27.9 Å². The number of aromatic nitrogens is 1. The molecular weight excluding hydrogens is 273 g/mol. The minimum Gasteiger partial charge on any atom is -0.378 e. The lowest BCUT2D eigenvalue weighted by Crippen LogP contribution is -2.21. The normalized spacial score (nSPS) is 23.1. The van der Waals surface area contributed by atoms with Crippen molar-refractivity contribution in [1.82, 2.24) is 4.98 Å². The highest BCUT2D eigenvalue weighted by molar-refractivity contribution is 6.37. The molecule has 0 bridgehead atoms. The van der Waals surface area contributed by atoms with Gasteiger partial charge in [0.1, 0.15) is 11.6 Å². The molecule has 0 aliphatic carbocycles. The van der Waals surface area contributed by atoms with Crippen molar-refractivity contribution < 1.29 is 4.74 Å². The summed E-state index contributed by atoms with van der Waals surface area (Å²) < 4.78 is 5.52. The monoisotopic (exact) mass is 289 g/mol. The number of halogens is 2. The number of hydrogen-bond acceptors (Lipinski definition) is 4. The lowest BCUT2D eigenvalue weighted by Gasteiger charge is -2.16. The fraction of sp³-hybridized carbons (Fsp3) is 0.583. The fourth-order valence-electron chi connectivity index (χ4n) is 2.04. The Balaban J connectivity index is 2.04. The second-order valence-corrected chi connectivity index (χ2v) is 5.22. The van der Waals surface area contributed by atoms with Gasteiger partial charge in [-0.3, -0.25) is 0 Å². The Hall–Kier alpha value is -0.710. The molecule has 2 heterocycles. The molecule has 2 N–H and O–H groups in total. The predicted octanol–water partition coefficient (Wildman–Crippen LogP) is 3.27. The van der Waals surface area contributed by atoms with Crippen molar-refractivity contribution in [3.63, 3.8) is 0 Å². The lowest BCUT2D eigenvalue weighted by molar-refractivity contribution is 0.108. The van der Waals surface area contributed by atoms with Gasteiger partial charge in [-0.2, -0.15) is 0 Å². The Labute approximate surface area is 117 Å². The van der Waals surface area contributed by atoms with Gasteiger partial charge in [0.2, 0.25) is 0 Å². The van der Waals surface area contributed by atoms with E-state index < -0.39 is 0 Å². The van der Waals surface area contributed by atoms with Gasteiger partial charge in [-0.1, -0.05) is 23.2 Å². The van der Waals surface area contributed by atoms with Crippen molar-refractivity contribution in [3.8, 4) is 0 Å². The maximum absolute atomic E-state index is 6.11. The van der Waals surface area contributed by atoms with Crippen molar-refractivity contribution >= 4 is 34.8 Å². The average molecular weight is 290 g/mol. The highest BCUT2D eigenvalue weighted by Gasteiger charge is 2.24. The highest BCUT2D eigenvalue weighted by Crippen LogP contribution is 2.29. The smallest absolute Gasteiger partial charge is 0.147 e. The summed E-state index contributed by atoms with van der Waals surface area (Å²) in [7, 11) is 1.78. The number of hydrogen-bond donors (Lipinski definition) is 2. The number of rotatable bonds is 4. The van der Waals surface area contributed by atoms with E-state index in [2.05, 4.69) is 22.5 Å². The van der Waals surface area contributed by atoms with E-state index in [-0.39, 0.29) is 6.10 Å². The van der Waals surface area contributed by atoms with Gasteiger partial charge in [-0.15, -0.1) is 0 Å². The van der Waals surface area contributed by atoms with E-state index >= 15 is 0 Å². The van der Waals surface area contributed by atoms with Crippen LogP contribution in [0.15, 0.2) is 6.07 Å². The van der Waals surface area contributed by atoms with E-state index in [0.717, 1.165) is 19.6 Å². The van der Waals surface area contributed by atoms with Crippen LogP contribution in [0.1, 0.15) is 13.3 Å². The SMILES string of the molecule is CNc1nc(NCC2CCOC2C)c(Cl)cc1Cl. The minimum atomic E-state index is 0.285. The summed E-state index contributed by atoms with van der Waals surface area (Å²) in [5.74, 6) is 1.78. The van der Waals surface area contributed by atoms with Gasteiger partial charge in [0.25, 0.3) is 0 Å². The third kappa shape index (κ3) is 2.99. The summed E-state index contributed by atoms with van der Waals surface area (Å²) in [5.41, 5.74) is 0. The zero-order valence-corrected chi connectivity index (χ0v) is 12.0. The Kier molecular flexibility index (Phi) is 4.54. The van der Waals surface area contributed by atoms with Crippen molar-refractivity contribution in [2.75, 3.05) is 30.8 Å². The number of anilines is 2. The van der Waals surface area contributed by atoms with Crippen LogP contribution in [0.25, 0.3) is 0 Å². The average Bonchev–Trinajstić information content (AvgIpc) is 2.74. The molecule has 1 aliphatic heterocycles. The third-order valence-electron chi connectivity index (χ3n) is 3.23. The minimum absolute atomic E-state index is 0.285. The van der Waals surface area contributed by atoms with Crippen LogP contribution < -0.4 is 10.6 Å². The van der Waals surface area contributed by atoms with Gasteiger partial charge in [0, 0.05) is 26.1 Å². The molecule has 0 amide bonds. The van der Waals surface area contributed by atoms with Gasteiger partial charge < -0.3 is 15.4 Å². The van der Waals surface area contributed by atoms with Crippen LogP contribution in [0.2, 0.25) is 10.0 Å². The molecule has 1 saturated heterocycles. The highest BCUT2D eigenvalue weighted by atomic mass is 35.5. The topological polar surface area (TPSA) is 46.2 Å². The number of nitrogens with one attached hydrogen (secondary N) is 2. The summed E-state index contributed by atoms with van der Waals surface area (Å²) in [5, 5.41) is 7.25. The summed E-state index contributed by atoms with van der Waals surface area (Å²) in [6.45, 7) is 3.73. The molecule has 0 spiro atoms. The summed E-state index contributed by atoms with van der Waals surface area (Å²) in [6.07, 6.45) is 1.35. The van der Waals surface area contributed by atoms with Crippen LogP contribution in [0.3, 0.4) is 0 Å². The second-order valence-electron chi connectivity index (χ2n) is 4.40. The lowest BCUT2D eigenvalue weighted by atomic mass is 10.0. The molecular formula is C12H17Cl2N3O. The van der Waals surface area contributed by atoms with Crippen LogP contribution >= 0.6 is 23.2 Å². The molecule has 18 heavy (non-hydrogen) atoms. The molecule has 100 valence electrons. The van der Waals surface area contributed by atoms with Crippen molar-refractivity contribution in [2.24, 2.45) is 5.92 Å². The molecule has 1 aromatic heterocycles. The number of ether oxygens (including phenoxy) is 1. The zero-order valence-electron chi connectivity index (χ0n) is 10.5. The third-order valence-corrected chi connectivity index (χ3v) is 3.81. The first-order valence-corrected chi connectivity index (χ1v) is 6.76. The Morgan fingerprint density at radius 1 is 1.39 bits per heavy atom. The molecule has 2 rings (SSSR count). The van der Waals surface area contributed by atoms with Gasteiger partial charge >= 0.3 is 0 Å². The van der Waals surface area contributed by atoms with E-state index in [1.165, 1.54) is 0 Å². The van der Waals surface area contributed by atoms with Gasteiger partial charge in [0.05, 0.1) is 16.1 Å². The maximum Gasteiger partial charge on any atom is 0.147 e. The van der Waals surface area contributed by atoms with Gasteiger partial charge in [-0.05, 0) is 19.4 Å². The van der Waals surface area contributed by atoms with E-state index in [1.807, 2.05) is 0 Å². The van der Waals surface area contributed by atoms with Crippen LogP contribution in [0.5, 0.6) is 0 Å². The first-order chi connectivity index (χ1) is 8.61. The molecule has 1 fully saturated rings. The summed E-state index contributed by atoms with van der Waals surface area (Å²) >= 11 is 12.1. The Morgan fingerprint density at radius 2 is 2.11 bits per heavy atom. The molecule has 0 aromatic carbocycles. The zero-order chi connectivity index (χ0) is 13.1. The van der Waals surface area contributed by atoms with Crippen LogP contribution in [-0.4, -0.2) is 31.3 Å². The molecule has 6 heteroatoms. The van der Waals surface area contributed by atoms with E-state index in [0.29, 0.717) is 27.6 Å². The quantitative estimate of drug-likeness (QED) is 0.893. The van der Waals surface area contributed by atoms with Crippen LogP contribution in [0.4, 0.5) is 11.6 Å². The molecule has 1 aliphatic rings. The molecule has 0 saturated carbocycles. The van der Waals surface area contributed by atoms with Gasteiger partial charge in [-0.25, -0.2) is 4.98 Å². The molecule has 4 nitrogen and oxygen atoms in total. The standard InChI is InChI=1S/C12H17Cl2N3O/c1-7-8(3-4-18-7)6-16-12-10(14)5-9(13)11(15-2)17-12/h5,7-8H,3-4,6H2,1-2H3,(H2,15,16,17). The predicted molar refractivity (Wildman–Crippen MR) is 75.8 cm³/mol. The molecule has 1 aromatic rings. The Bertz CT molecular complexity index is 428. The molecule has 0 radical (unpaired) electrons. The van der Waals surface area contributed by atoms with E-state index in [9.17, 15) is 0 Å². The summed E-state index contributed by atoms with van der Waals surface area (Å²) in [4.78, 5) is 4.35. The fourth-order valence-corrected chi connectivity index (χ4v) is 2.56. The van der Waals surface area contributed by atoms with Crippen LogP contribution in [-0.2, 0) is 4.74 Å². The van der Waals surface area contributed by atoms with E-state index in [1.54, 1.807) is 13.1 Å². The molecule has 2 atom stereocenters. The first-order valence-electron chi connectivity index (χ1n) is 6.01. The number of pyridine rings is 1. The van der Waals surface area contributed by atoms with Crippen LogP contribution in [0, 0.1) is 5.92 Å². The first kappa shape index (κ1) is 13.7. The molecule has 2 unspecified atom stereocenters. The van der Waals surface area contributed by atoms with Crippen molar-refractivity contribution in [3.05, 3.63) is 16.1 Å². The van der Waals surface area contributed by atoms with Crippen molar-refractivity contribution in [2.45, 2.75) is 19.4 Å². The number of nitrogens with zero attached hydrogens (tertiary/aromatic N) is 1. The van der Waals surface area contributed by atoms with Crippen molar-refractivity contribution in [1.29, 1.82) is 0 Å². The maximum atomic E-state index is 6.11. The van der Waals surface area contributed by atoms with Gasteiger partial charge in [0.15, 0.2) is 0 Å².